The highest BCUT2D eigenvalue weighted by molar-refractivity contribution is 9.10. The Kier molecular flexibility index (Phi) is 8.58. The van der Waals surface area contributed by atoms with E-state index in [1.807, 2.05) is 18.2 Å². The van der Waals surface area contributed by atoms with Gasteiger partial charge in [-0.2, -0.15) is 5.01 Å². The first-order valence-electron chi connectivity index (χ1n) is 11.4. The lowest BCUT2D eigenvalue weighted by Gasteiger charge is -2.19. The van der Waals surface area contributed by atoms with Crippen LogP contribution >= 0.6 is 55.8 Å². The summed E-state index contributed by atoms with van der Waals surface area (Å²) in [6.07, 6.45) is 1.73. The molecular formula is C28H24Br2N2O3S2. The third-order valence-corrected chi connectivity index (χ3v) is 7.91. The molecule has 3 aromatic rings. The van der Waals surface area contributed by atoms with Gasteiger partial charge in [0.25, 0.3) is 11.8 Å². The molecule has 0 saturated carbocycles. The molecule has 1 N–H and O–H groups in total. The van der Waals surface area contributed by atoms with Crippen molar-refractivity contribution in [2.45, 2.75) is 32.8 Å². The summed E-state index contributed by atoms with van der Waals surface area (Å²) in [7, 11) is 0. The van der Waals surface area contributed by atoms with Crippen molar-refractivity contribution in [3.8, 4) is 5.75 Å². The topological polar surface area (TPSA) is 58.6 Å². The second kappa shape index (κ2) is 11.5. The number of thioether (sulfide) groups is 1. The Hall–Kier alpha value is -2.46. The van der Waals surface area contributed by atoms with E-state index in [2.05, 4.69) is 82.3 Å². The van der Waals surface area contributed by atoms with E-state index < -0.39 is 11.8 Å². The molecule has 2 amide bonds. The maximum absolute atomic E-state index is 13.1. The minimum atomic E-state index is -0.422. The molecule has 0 atom stereocenters. The number of carbonyl (C=O) groups is 2. The highest BCUT2D eigenvalue weighted by atomic mass is 79.9. The SMILES string of the molecule is CC(C)(C)c1ccc(COc2ccc(Br)cc2/C=C2/SC(=S)N(NC(=O)c3ccc(Br)cc3)C2=O)cc1. The van der Waals surface area contributed by atoms with Crippen LogP contribution in [0.15, 0.2) is 80.6 Å². The van der Waals surface area contributed by atoms with Crippen LogP contribution in [0.2, 0.25) is 0 Å². The summed E-state index contributed by atoms with van der Waals surface area (Å²) in [5.41, 5.74) is 6.13. The van der Waals surface area contributed by atoms with Crippen LogP contribution in [-0.2, 0) is 16.8 Å². The zero-order valence-corrected chi connectivity index (χ0v) is 25.2. The van der Waals surface area contributed by atoms with E-state index in [1.165, 1.54) is 5.56 Å². The minimum absolute atomic E-state index is 0.0854. The molecule has 1 aliphatic rings. The second-order valence-corrected chi connectivity index (χ2v) is 12.9. The number of ether oxygens (including phenoxy) is 1. The molecule has 1 heterocycles. The maximum Gasteiger partial charge on any atom is 0.285 e. The van der Waals surface area contributed by atoms with E-state index in [4.69, 9.17) is 17.0 Å². The molecule has 0 aromatic heterocycles. The molecule has 5 nitrogen and oxygen atoms in total. The summed E-state index contributed by atoms with van der Waals surface area (Å²) in [6, 6.07) is 20.8. The number of hydrogen-bond donors (Lipinski definition) is 1. The Morgan fingerprint density at radius 2 is 1.68 bits per heavy atom. The van der Waals surface area contributed by atoms with Crippen molar-refractivity contribution in [2.24, 2.45) is 0 Å². The van der Waals surface area contributed by atoms with Crippen molar-refractivity contribution in [1.29, 1.82) is 0 Å². The number of carbonyl (C=O) groups excluding carboxylic acids is 2. The molecule has 0 spiro atoms. The van der Waals surface area contributed by atoms with Crippen LogP contribution in [0.25, 0.3) is 6.08 Å². The van der Waals surface area contributed by atoms with Crippen molar-refractivity contribution in [2.75, 3.05) is 0 Å². The van der Waals surface area contributed by atoms with Crippen LogP contribution in [-0.4, -0.2) is 21.1 Å². The molecule has 3 aromatic carbocycles. The maximum atomic E-state index is 13.1. The van der Waals surface area contributed by atoms with Gasteiger partial charge in [0, 0.05) is 20.1 Å². The van der Waals surface area contributed by atoms with Gasteiger partial charge in [-0.1, -0.05) is 88.7 Å². The van der Waals surface area contributed by atoms with Crippen molar-refractivity contribution < 1.29 is 14.3 Å². The molecule has 190 valence electrons. The average Bonchev–Trinajstić information content (AvgIpc) is 3.11. The fourth-order valence-electron chi connectivity index (χ4n) is 3.50. The van der Waals surface area contributed by atoms with Gasteiger partial charge >= 0.3 is 0 Å². The fraction of sp³-hybridized carbons (Fsp3) is 0.179. The lowest BCUT2D eigenvalue weighted by Crippen LogP contribution is -2.44. The first kappa shape index (κ1) is 27.6. The van der Waals surface area contributed by atoms with Crippen molar-refractivity contribution >= 4 is 78.1 Å². The van der Waals surface area contributed by atoms with Crippen LogP contribution < -0.4 is 10.2 Å². The predicted molar refractivity (Wildman–Crippen MR) is 160 cm³/mol. The van der Waals surface area contributed by atoms with Crippen molar-refractivity contribution in [3.05, 3.63) is 103 Å². The fourth-order valence-corrected chi connectivity index (χ4v) is 5.31. The van der Waals surface area contributed by atoms with Crippen molar-refractivity contribution in [1.82, 2.24) is 10.4 Å². The molecule has 9 heteroatoms. The summed E-state index contributed by atoms with van der Waals surface area (Å²) in [5, 5.41) is 1.10. The summed E-state index contributed by atoms with van der Waals surface area (Å²) >= 11 is 13.3. The summed E-state index contributed by atoms with van der Waals surface area (Å²) < 4.78 is 8.08. The van der Waals surface area contributed by atoms with Gasteiger partial charge in [-0.15, -0.1) is 0 Å². The number of rotatable bonds is 6. The number of hydrazine groups is 1. The quantitative estimate of drug-likeness (QED) is 0.218. The number of amides is 2. The normalized spacial score (nSPS) is 14.8. The van der Waals surface area contributed by atoms with E-state index in [0.717, 1.165) is 36.8 Å². The van der Waals surface area contributed by atoms with Crippen LogP contribution in [0, 0.1) is 0 Å². The Bertz CT molecular complexity index is 1380. The Balaban J connectivity index is 1.50. The molecule has 0 aliphatic carbocycles. The lowest BCUT2D eigenvalue weighted by molar-refractivity contribution is -0.123. The Morgan fingerprint density at radius 1 is 1.03 bits per heavy atom. The van der Waals surface area contributed by atoms with Gasteiger partial charge < -0.3 is 4.74 Å². The highest BCUT2D eigenvalue weighted by Gasteiger charge is 2.34. The van der Waals surface area contributed by atoms with E-state index in [0.29, 0.717) is 22.8 Å². The summed E-state index contributed by atoms with van der Waals surface area (Å²) in [4.78, 5) is 26.1. The molecule has 1 fully saturated rings. The molecule has 0 unspecified atom stereocenters. The van der Waals surface area contributed by atoms with Gasteiger partial charge in [0.2, 0.25) is 0 Å². The number of thiocarbonyl (C=S) groups is 1. The molecule has 0 radical (unpaired) electrons. The van der Waals surface area contributed by atoms with Gasteiger partial charge in [0.05, 0.1) is 4.91 Å². The predicted octanol–water partition coefficient (Wildman–Crippen LogP) is 7.63. The van der Waals surface area contributed by atoms with E-state index >= 15 is 0 Å². The molecule has 1 saturated heterocycles. The molecule has 37 heavy (non-hydrogen) atoms. The van der Waals surface area contributed by atoms with Gasteiger partial charge in [-0.05, 0) is 77.3 Å². The van der Waals surface area contributed by atoms with Crippen molar-refractivity contribution in [3.63, 3.8) is 0 Å². The zero-order valence-electron chi connectivity index (χ0n) is 20.4. The van der Waals surface area contributed by atoms with Gasteiger partial charge in [0.1, 0.15) is 12.4 Å². The third-order valence-electron chi connectivity index (χ3n) is 5.59. The third kappa shape index (κ3) is 6.90. The molecule has 1 aliphatic heterocycles. The monoisotopic (exact) mass is 658 g/mol. The largest absolute Gasteiger partial charge is 0.488 e. The Morgan fingerprint density at radius 3 is 2.32 bits per heavy atom. The molecule has 0 bridgehead atoms. The number of hydrogen-bond acceptors (Lipinski definition) is 5. The van der Waals surface area contributed by atoms with Gasteiger partial charge in [0.15, 0.2) is 4.32 Å². The number of nitrogens with zero attached hydrogens (tertiary/aromatic N) is 1. The number of nitrogens with one attached hydrogen (secondary N) is 1. The highest BCUT2D eigenvalue weighted by Crippen LogP contribution is 2.35. The van der Waals surface area contributed by atoms with Crippen LogP contribution in [0.1, 0.15) is 47.8 Å². The van der Waals surface area contributed by atoms with E-state index in [1.54, 1.807) is 30.3 Å². The van der Waals surface area contributed by atoms with Crippen LogP contribution in [0.5, 0.6) is 5.75 Å². The standard InChI is InChI=1S/C28H24Br2N2O3S2/c1-28(2,3)20-8-4-17(5-9-20)16-35-23-13-12-22(30)14-19(23)15-24-26(34)32(27(36)37-24)31-25(33)18-6-10-21(29)11-7-18/h4-15H,16H2,1-3H3,(H,31,33)/b24-15+. The van der Waals surface area contributed by atoms with E-state index in [9.17, 15) is 9.59 Å². The summed E-state index contributed by atoms with van der Waals surface area (Å²) in [6.45, 7) is 6.93. The second-order valence-electron chi connectivity index (χ2n) is 9.38. The first-order valence-corrected chi connectivity index (χ1v) is 14.2. The summed E-state index contributed by atoms with van der Waals surface area (Å²) in [5.74, 6) is -0.189. The Labute approximate surface area is 242 Å². The number of halogens is 2. The average molecular weight is 660 g/mol. The lowest BCUT2D eigenvalue weighted by atomic mass is 9.87. The van der Waals surface area contributed by atoms with Gasteiger partial charge in [-0.25, -0.2) is 0 Å². The van der Waals surface area contributed by atoms with Crippen LogP contribution in [0.4, 0.5) is 0 Å². The number of benzene rings is 3. The van der Waals surface area contributed by atoms with Crippen LogP contribution in [0.3, 0.4) is 0 Å². The minimum Gasteiger partial charge on any atom is -0.488 e. The molecular weight excluding hydrogens is 636 g/mol. The molecule has 4 rings (SSSR count). The first-order chi connectivity index (χ1) is 17.5. The van der Waals surface area contributed by atoms with Gasteiger partial charge in [-0.3, -0.25) is 15.0 Å². The zero-order chi connectivity index (χ0) is 26.7. The van der Waals surface area contributed by atoms with E-state index in [-0.39, 0.29) is 9.74 Å². The smallest absolute Gasteiger partial charge is 0.285 e.